The summed E-state index contributed by atoms with van der Waals surface area (Å²) in [5.41, 5.74) is -1.63. The summed E-state index contributed by atoms with van der Waals surface area (Å²) in [6, 6.07) is 9.12. The number of benzene rings is 2. The lowest BCUT2D eigenvalue weighted by atomic mass is 9.91. The average Bonchev–Trinajstić information content (AvgIpc) is 2.40. The van der Waals surface area contributed by atoms with Gasteiger partial charge in [-0.15, -0.1) is 0 Å². The van der Waals surface area contributed by atoms with Gasteiger partial charge in [0.1, 0.15) is 17.3 Å². The van der Waals surface area contributed by atoms with Crippen LogP contribution in [0.25, 0.3) is 0 Å². The molecule has 110 valence electrons. The van der Waals surface area contributed by atoms with E-state index in [2.05, 4.69) is 5.32 Å². The number of halogens is 1. The number of anilines is 1. The van der Waals surface area contributed by atoms with Gasteiger partial charge in [-0.2, -0.15) is 0 Å². The molecule has 0 heterocycles. The van der Waals surface area contributed by atoms with Crippen LogP contribution < -0.4 is 5.32 Å². The van der Waals surface area contributed by atoms with Crippen molar-refractivity contribution in [1.29, 1.82) is 0 Å². The lowest BCUT2D eigenvalue weighted by molar-refractivity contribution is -0.142. The molecule has 2 aromatic carbocycles. The maximum atomic E-state index is 13.7. The Kier molecular flexibility index (Phi) is 3.71. The summed E-state index contributed by atoms with van der Waals surface area (Å²) in [5, 5.41) is 31.1. The predicted octanol–water partition coefficient (Wildman–Crippen LogP) is 2.65. The molecule has 1 unspecified atom stereocenters. The number of carboxylic acids is 1. The molecule has 4 N–H and O–H groups in total. The molecular weight excluding hydrogens is 277 g/mol. The molecule has 0 amide bonds. The summed E-state index contributed by atoms with van der Waals surface area (Å²) >= 11 is 0. The molecule has 0 radical (unpaired) electrons. The second kappa shape index (κ2) is 5.32. The fourth-order valence-electron chi connectivity index (χ4n) is 1.96. The Morgan fingerprint density at radius 2 is 1.71 bits per heavy atom. The molecule has 0 fully saturated rings. The average molecular weight is 291 g/mol. The number of hydrogen-bond acceptors (Lipinski definition) is 4. The zero-order valence-electron chi connectivity index (χ0n) is 11.2. The first-order valence-corrected chi connectivity index (χ1v) is 6.12. The lowest BCUT2D eigenvalue weighted by Crippen LogP contribution is -2.40. The molecule has 5 nitrogen and oxygen atoms in total. The Morgan fingerprint density at radius 3 is 2.24 bits per heavy atom. The van der Waals surface area contributed by atoms with Crippen LogP contribution in [0.5, 0.6) is 11.5 Å². The monoisotopic (exact) mass is 291 g/mol. The molecule has 0 aromatic heterocycles. The molecule has 2 aromatic rings. The van der Waals surface area contributed by atoms with Gasteiger partial charge in [0.05, 0.1) is 5.69 Å². The highest BCUT2D eigenvalue weighted by atomic mass is 19.1. The van der Waals surface area contributed by atoms with Gasteiger partial charge in [-0.25, -0.2) is 9.18 Å². The van der Waals surface area contributed by atoms with Gasteiger partial charge in [0, 0.05) is 6.07 Å². The van der Waals surface area contributed by atoms with E-state index in [9.17, 15) is 24.5 Å². The number of para-hydroxylation sites is 1. The molecular formula is C15H14FNO4. The second-order valence-electron chi connectivity index (χ2n) is 4.77. The summed E-state index contributed by atoms with van der Waals surface area (Å²) in [6.07, 6.45) is 0. The van der Waals surface area contributed by atoms with Crippen molar-refractivity contribution in [2.75, 3.05) is 5.32 Å². The third-order valence-corrected chi connectivity index (χ3v) is 3.17. The number of hydrogen-bond donors (Lipinski definition) is 4. The van der Waals surface area contributed by atoms with Gasteiger partial charge in [-0.05, 0) is 36.8 Å². The minimum absolute atomic E-state index is 0.00485. The van der Waals surface area contributed by atoms with Crippen LogP contribution in [-0.2, 0) is 10.3 Å². The maximum absolute atomic E-state index is 13.7. The molecule has 0 aliphatic carbocycles. The van der Waals surface area contributed by atoms with Crippen molar-refractivity contribution >= 4 is 11.7 Å². The third-order valence-electron chi connectivity index (χ3n) is 3.17. The van der Waals surface area contributed by atoms with Crippen LogP contribution >= 0.6 is 0 Å². The molecule has 0 aliphatic heterocycles. The summed E-state index contributed by atoms with van der Waals surface area (Å²) in [7, 11) is 0. The van der Waals surface area contributed by atoms with Gasteiger partial charge in [0.2, 0.25) is 0 Å². The minimum Gasteiger partial charge on any atom is -0.508 e. The number of aliphatic carboxylic acids is 1. The van der Waals surface area contributed by atoms with E-state index in [-0.39, 0.29) is 22.7 Å². The van der Waals surface area contributed by atoms with E-state index >= 15 is 0 Å². The first-order chi connectivity index (χ1) is 9.83. The van der Waals surface area contributed by atoms with E-state index in [0.717, 1.165) is 6.07 Å². The van der Waals surface area contributed by atoms with Crippen molar-refractivity contribution in [3.63, 3.8) is 0 Å². The number of carboxylic acid groups (broad SMARTS) is 1. The zero-order chi connectivity index (χ0) is 15.6. The first-order valence-electron chi connectivity index (χ1n) is 6.12. The SMILES string of the molecule is CC(Nc1ccccc1F)(C(=O)O)c1cc(O)cc(O)c1. The van der Waals surface area contributed by atoms with Crippen molar-refractivity contribution in [3.8, 4) is 11.5 Å². The third kappa shape index (κ3) is 2.89. The highest BCUT2D eigenvalue weighted by Crippen LogP contribution is 2.32. The fraction of sp³-hybridized carbons (Fsp3) is 0.133. The molecule has 1 atom stereocenters. The Bertz CT molecular complexity index is 669. The zero-order valence-corrected chi connectivity index (χ0v) is 11.2. The van der Waals surface area contributed by atoms with E-state index < -0.39 is 17.3 Å². The van der Waals surface area contributed by atoms with Crippen molar-refractivity contribution < 1.29 is 24.5 Å². The van der Waals surface area contributed by atoms with E-state index in [0.29, 0.717) is 0 Å². The Balaban J connectivity index is 2.50. The molecule has 2 rings (SSSR count). The molecule has 0 saturated heterocycles. The molecule has 21 heavy (non-hydrogen) atoms. The van der Waals surface area contributed by atoms with E-state index in [1.165, 1.54) is 37.3 Å². The summed E-state index contributed by atoms with van der Waals surface area (Å²) < 4.78 is 13.7. The van der Waals surface area contributed by atoms with Gasteiger partial charge in [-0.3, -0.25) is 0 Å². The van der Waals surface area contributed by atoms with Gasteiger partial charge in [-0.1, -0.05) is 12.1 Å². The molecule has 0 spiro atoms. The van der Waals surface area contributed by atoms with Crippen LogP contribution in [0, 0.1) is 5.82 Å². The molecule has 0 bridgehead atoms. The number of carbonyl (C=O) groups is 1. The normalized spacial score (nSPS) is 13.4. The van der Waals surface area contributed by atoms with Crippen molar-refractivity contribution in [2.24, 2.45) is 0 Å². The minimum atomic E-state index is -1.72. The largest absolute Gasteiger partial charge is 0.508 e. The van der Waals surface area contributed by atoms with Crippen molar-refractivity contribution in [2.45, 2.75) is 12.5 Å². The van der Waals surface area contributed by atoms with Gasteiger partial charge in [0.25, 0.3) is 0 Å². The Morgan fingerprint density at radius 1 is 1.14 bits per heavy atom. The van der Waals surface area contributed by atoms with Crippen molar-refractivity contribution in [3.05, 3.63) is 53.8 Å². The smallest absolute Gasteiger partial charge is 0.333 e. The molecule has 0 saturated carbocycles. The van der Waals surface area contributed by atoms with Crippen LogP contribution in [0.4, 0.5) is 10.1 Å². The van der Waals surface area contributed by atoms with E-state index in [1.807, 2.05) is 0 Å². The van der Waals surface area contributed by atoms with Gasteiger partial charge in [0.15, 0.2) is 5.54 Å². The fourth-order valence-corrected chi connectivity index (χ4v) is 1.96. The number of rotatable bonds is 4. The van der Waals surface area contributed by atoms with E-state index in [1.54, 1.807) is 6.07 Å². The van der Waals surface area contributed by atoms with Crippen LogP contribution in [0.15, 0.2) is 42.5 Å². The van der Waals surface area contributed by atoms with Gasteiger partial charge >= 0.3 is 5.97 Å². The standard InChI is InChI=1S/C15H14FNO4/c1-15(14(20)21,9-6-10(18)8-11(19)7-9)17-13-5-3-2-4-12(13)16/h2-8,17-19H,1H3,(H,20,21). The van der Waals surface area contributed by atoms with Crippen LogP contribution in [0.1, 0.15) is 12.5 Å². The topological polar surface area (TPSA) is 89.8 Å². The van der Waals surface area contributed by atoms with Gasteiger partial charge < -0.3 is 20.6 Å². The van der Waals surface area contributed by atoms with Crippen LogP contribution in [-0.4, -0.2) is 21.3 Å². The first kappa shape index (κ1) is 14.6. The Hall–Kier alpha value is -2.76. The summed E-state index contributed by atoms with van der Waals surface area (Å²) in [4.78, 5) is 11.6. The lowest BCUT2D eigenvalue weighted by Gasteiger charge is -2.28. The summed E-state index contributed by atoms with van der Waals surface area (Å²) in [6.45, 7) is 1.32. The van der Waals surface area contributed by atoms with E-state index in [4.69, 9.17) is 0 Å². The second-order valence-corrected chi connectivity index (χ2v) is 4.77. The maximum Gasteiger partial charge on any atom is 0.333 e. The number of phenols is 2. The number of aromatic hydroxyl groups is 2. The predicted molar refractivity (Wildman–Crippen MR) is 74.8 cm³/mol. The summed E-state index contributed by atoms with van der Waals surface area (Å²) in [5.74, 6) is -2.45. The Labute approximate surface area is 120 Å². The van der Waals surface area contributed by atoms with Crippen molar-refractivity contribution in [1.82, 2.24) is 0 Å². The van der Waals surface area contributed by atoms with Crippen LogP contribution in [0.2, 0.25) is 0 Å². The number of nitrogens with one attached hydrogen (secondary N) is 1. The molecule has 6 heteroatoms. The molecule has 0 aliphatic rings. The highest BCUT2D eigenvalue weighted by Gasteiger charge is 2.36. The van der Waals surface area contributed by atoms with Crippen LogP contribution in [0.3, 0.4) is 0 Å². The number of phenolic OH excluding ortho intramolecular Hbond substituents is 2. The quantitative estimate of drug-likeness (QED) is 0.695. The highest BCUT2D eigenvalue weighted by molar-refractivity contribution is 5.84.